The van der Waals surface area contributed by atoms with E-state index in [4.69, 9.17) is 4.42 Å². The highest BCUT2D eigenvalue weighted by Crippen LogP contribution is 2.29. The van der Waals surface area contributed by atoms with E-state index in [0.717, 1.165) is 11.7 Å². The van der Waals surface area contributed by atoms with Gasteiger partial charge < -0.3 is 14.5 Å². The van der Waals surface area contributed by atoms with Crippen molar-refractivity contribution in [3.63, 3.8) is 0 Å². The molecule has 0 fully saturated rings. The second-order valence-electron chi connectivity index (χ2n) is 10.3. The molecule has 4 aromatic rings. The van der Waals surface area contributed by atoms with E-state index in [2.05, 4.69) is 35.5 Å². The van der Waals surface area contributed by atoms with Gasteiger partial charge in [-0.05, 0) is 37.5 Å². The van der Waals surface area contributed by atoms with E-state index < -0.39 is 41.3 Å². The minimum atomic E-state index is -1.03. The summed E-state index contributed by atoms with van der Waals surface area (Å²) in [5.74, 6) is -1.96. The van der Waals surface area contributed by atoms with Gasteiger partial charge in [-0.2, -0.15) is 0 Å². The van der Waals surface area contributed by atoms with Gasteiger partial charge in [0.05, 0.1) is 36.2 Å². The molecular formula is C29H31N7O6. The Balaban J connectivity index is 1.60. The summed E-state index contributed by atoms with van der Waals surface area (Å²) < 4.78 is 11.5. The van der Waals surface area contributed by atoms with Gasteiger partial charge in [0.25, 0.3) is 11.4 Å². The van der Waals surface area contributed by atoms with Crippen LogP contribution < -0.4 is 16.2 Å². The van der Waals surface area contributed by atoms with Gasteiger partial charge in [-0.15, -0.1) is 10.2 Å². The third-order valence-corrected chi connectivity index (χ3v) is 6.57. The predicted molar refractivity (Wildman–Crippen MR) is 152 cm³/mol. The lowest BCUT2D eigenvalue weighted by molar-refractivity contribution is -0.122. The van der Waals surface area contributed by atoms with Crippen molar-refractivity contribution < 1.29 is 23.5 Å². The first kappa shape index (κ1) is 29.8. The number of amides is 2. The van der Waals surface area contributed by atoms with Crippen LogP contribution in [0, 0.1) is 5.92 Å². The molecule has 1 aromatic carbocycles. The van der Waals surface area contributed by atoms with Crippen LogP contribution >= 0.6 is 0 Å². The Hall–Kier alpha value is -5.20. The molecule has 218 valence electrons. The Kier molecular flexibility index (Phi) is 8.89. The van der Waals surface area contributed by atoms with Crippen LogP contribution in [0.1, 0.15) is 50.0 Å². The highest BCUT2D eigenvalue weighted by atomic mass is 16.5. The summed E-state index contributed by atoms with van der Waals surface area (Å²) in [6, 6.07) is 13.3. The third kappa shape index (κ3) is 6.40. The normalized spacial score (nSPS) is 12.0. The number of methoxy groups -OCH3 is 1. The molecule has 4 rings (SSSR count). The number of benzene rings is 1. The fourth-order valence-electron chi connectivity index (χ4n) is 4.17. The second kappa shape index (κ2) is 12.5. The Bertz CT molecular complexity index is 1630. The summed E-state index contributed by atoms with van der Waals surface area (Å²) in [5, 5.41) is 13.0. The summed E-state index contributed by atoms with van der Waals surface area (Å²) >= 11 is 0. The zero-order valence-corrected chi connectivity index (χ0v) is 23.8. The van der Waals surface area contributed by atoms with Crippen LogP contribution in [-0.4, -0.2) is 55.7 Å². The Morgan fingerprint density at radius 1 is 1.02 bits per heavy atom. The zero-order chi connectivity index (χ0) is 30.4. The van der Waals surface area contributed by atoms with Gasteiger partial charge in [-0.1, -0.05) is 50.2 Å². The van der Waals surface area contributed by atoms with Crippen LogP contribution in [0.4, 0.5) is 10.6 Å². The number of anilines is 1. The van der Waals surface area contributed by atoms with Crippen molar-refractivity contribution in [1.82, 2.24) is 30.0 Å². The largest absolute Gasteiger partial charge is 0.453 e. The number of carbonyl (C=O) groups excluding carboxylic acids is 3. The summed E-state index contributed by atoms with van der Waals surface area (Å²) in [5.41, 5.74) is 0.124. The first-order valence-electron chi connectivity index (χ1n) is 13.1. The van der Waals surface area contributed by atoms with Gasteiger partial charge in [0.1, 0.15) is 6.54 Å². The fraction of sp³-hybridized carbons (Fsp3) is 0.310. The molecule has 0 aliphatic rings. The maximum absolute atomic E-state index is 13.4. The van der Waals surface area contributed by atoms with Gasteiger partial charge in [0.15, 0.2) is 0 Å². The van der Waals surface area contributed by atoms with Crippen molar-refractivity contribution in [1.29, 1.82) is 0 Å². The number of ketones is 1. The molecule has 0 bridgehead atoms. The Morgan fingerprint density at radius 2 is 1.74 bits per heavy atom. The molecule has 1 atom stereocenters. The first-order valence-corrected chi connectivity index (χ1v) is 13.1. The van der Waals surface area contributed by atoms with E-state index in [1.165, 1.54) is 6.20 Å². The topological polar surface area (TPSA) is 171 Å². The van der Waals surface area contributed by atoms with Gasteiger partial charge in [-0.3, -0.25) is 29.3 Å². The molecule has 13 nitrogen and oxygen atoms in total. The molecule has 0 unspecified atom stereocenters. The number of pyridine rings is 1. The standard InChI is InChI=1S/C29H31N7O6/c1-17(2)22(23(38)25-34-35-27(42-25)29(3,4)20-13-9-10-14-30-20)32-21(37)16-36-19(18-11-7-6-8-12-18)15-31-24(26(36)39)33-28(40)41-5/h6-15,17,22H,16H2,1-5H3,(H,32,37)(H,31,33,40)/t22-/m1/s1. The maximum atomic E-state index is 13.4. The molecule has 2 amide bonds. The quantitative estimate of drug-likeness (QED) is 0.268. The molecule has 0 saturated carbocycles. The van der Waals surface area contributed by atoms with E-state index in [-0.39, 0.29) is 23.5 Å². The number of carbonyl (C=O) groups is 3. The van der Waals surface area contributed by atoms with Crippen LogP contribution in [-0.2, 0) is 21.5 Å². The summed E-state index contributed by atoms with van der Waals surface area (Å²) in [6.07, 6.45) is 2.12. The van der Waals surface area contributed by atoms with Crippen LogP contribution in [0.2, 0.25) is 0 Å². The predicted octanol–water partition coefficient (Wildman–Crippen LogP) is 3.22. The van der Waals surface area contributed by atoms with Crippen LogP contribution in [0.5, 0.6) is 0 Å². The smallest absolute Gasteiger partial charge is 0.412 e. The lowest BCUT2D eigenvalue weighted by atomic mass is 9.89. The van der Waals surface area contributed by atoms with Gasteiger partial charge in [0.2, 0.25) is 23.4 Å². The van der Waals surface area contributed by atoms with E-state index in [1.54, 1.807) is 56.4 Å². The number of nitrogens with one attached hydrogen (secondary N) is 2. The number of hydrogen-bond donors (Lipinski definition) is 2. The minimum absolute atomic E-state index is 0.194. The number of ether oxygens (including phenoxy) is 1. The van der Waals surface area contributed by atoms with E-state index in [1.807, 2.05) is 26.0 Å². The summed E-state index contributed by atoms with van der Waals surface area (Å²) in [6.45, 7) is 6.73. The van der Waals surface area contributed by atoms with Crippen molar-refractivity contribution in [2.75, 3.05) is 12.4 Å². The zero-order valence-electron chi connectivity index (χ0n) is 23.8. The first-order chi connectivity index (χ1) is 20.0. The van der Waals surface area contributed by atoms with Gasteiger partial charge in [-0.25, -0.2) is 9.78 Å². The fourth-order valence-corrected chi connectivity index (χ4v) is 4.17. The van der Waals surface area contributed by atoms with Crippen LogP contribution in [0.25, 0.3) is 11.3 Å². The molecule has 0 saturated heterocycles. The number of hydrogen-bond acceptors (Lipinski definition) is 10. The number of rotatable bonds is 10. The van der Waals surface area contributed by atoms with E-state index in [9.17, 15) is 19.2 Å². The van der Waals surface area contributed by atoms with Crippen molar-refractivity contribution in [2.45, 2.75) is 45.7 Å². The molecular weight excluding hydrogens is 542 g/mol. The molecule has 0 aliphatic heterocycles. The van der Waals surface area contributed by atoms with Crippen LogP contribution in [0.15, 0.2) is 70.1 Å². The van der Waals surface area contributed by atoms with Gasteiger partial charge in [0, 0.05) is 6.20 Å². The molecule has 2 N–H and O–H groups in total. The lowest BCUT2D eigenvalue weighted by Crippen LogP contribution is -2.46. The van der Waals surface area contributed by atoms with E-state index >= 15 is 0 Å². The molecule has 0 radical (unpaired) electrons. The molecule has 3 aromatic heterocycles. The monoisotopic (exact) mass is 573 g/mol. The Morgan fingerprint density at radius 3 is 2.38 bits per heavy atom. The van der Waals surface area contributed by atoms with Crippen molar-refractivity contribution in [2.24, 2.45) is 5.92 Å². The maximum Gasteiger partial charge on any atom is 0.412 e. The molecule has 0 spiro atoms. The van der Waals surface area contributed by atoms with E-state index in [0.29, 0.717) is 17.0 Å². The molecule has 3 heterocycles. The summed E-state index contributed by atoms with van der Waals surface area (Å²) in [4.78, 5) is 60.2. The second-order valence-corrected chi connectivity index (χ2v) is 10.3. The summed E-state index contributed by atoms with van der Waals surface area (Å²) in [7, 11) is 1.15. The number of aromatic nitrogens is 5. The van der Waals surface area contributed by atoms with Crippen molar-refractivity contribution in [3.8, 4) is 11.3 Å². The highest BCUT2D eigenvalue weighted by molar-refractivity contribution is 5.98. The average molecular weight is 574 g/mol. The highest BCUT2D eigenvalue weighted by Gasteiger charge is 2.35. The number of Topliss-reactive ketones (excluding diaryl/α,β-unsaturated/α-hetero) is 1. The lowest BCUT2D eigenvalue weighted by Gasteiger charge is -2.21. The number of nitrogens with zero attached hydrogens (tertiary/aromatic N) is 5. The third-order valence-electron chi connectivity index (χ3n) is 6.57. The molecule has 13 heteroatoms. The SMILES string of the molecule is COC(=O)Nc1ncc(-c2ccccc2)n(CC(=O)N[C@@H](C(=O)c2nnc(C(C)(C)c3ccccn3)o2)C(C)C)c1=O. The van der Waals surface area contributed by atoms with Crippen molar-refractivity contribution >= 4 is 23.6 Å². The average Bonchev–Trinajstić information content (AvgIpc) is 3.50. The van der Waals surface area contributed by atoms with Crippen molar-refractivity contribution in [3.05, 3.63) is 88.8 Å². The molecule has 42 heavy (non-hydrogen) atoms. The van der Waals surface area contributed by atoms with Gasteiger partial charge >= 0.3 is 6.09 Å². The Labute approximate surface area is 241 Å². The minimum Gasteiger partial charge on any atom is -0.453 e. The van der Waals surface area contributed by atoms with Crippen LogP contribution in [0.3, 0.4) is 0 Å². The molecule has 0 aliphatic carbocycles.